The minimum Gasteiger partial charge on any atom is -0.489 e. The molecule has 0 unspecified atom stereocenters. The highest BCUT2D eigenvalue weighted by Crippen LogP contribution is 2.33. The van der Waals surface area contributed by atoms with Crippen molar-refractivity contribution in [1.29, 1.82) is 5.41 Å². The van der Waals surface area contributed by atoms with Gasteiger partial charge in [0.15, 0.2) is 5.75 Å². The predicted molar refractivity (Wildman–Crippen MR) is 154 cm³/mol. The van der Waals surface area contributed by atoms with Crippen LogP contribution >= 0.6 is 0 Å². The molecule has 2 aromatic carbocycles. The number of nitrogens with one attached hydrogen (secondary N) is 2. The number of nitrogens with two attached hydrogens (primary N) is 3. The highest BCUT2D eigenvalue weighted by Gasteiger charge is 2.30. The average molecular weight is 587 g/mol. The van der Waals surface area contributed by atoms with Crippen LogP contribution in [-0.4, -0.2) is 70.1 Å². The molecule has 14 heteroatoms. The lowest BCUT2D eigenvalue weighted by Gasteiger charge is -2.28. The van der Waals surface area contributed by atoms with E-state index in [-0.39, 0.29) is 47.7 Å². The molecule has 8 N–H and O–H groups in total. The smallest absolute Gasteiger partial charge is 0.323 e. The number of carbonyl (C=O) groups excluding carboxylic acids is 3. The standard InChI is InChI=1S/C27H34N6O7S/c1-2-39-23(34)16-41(37,38)33(12-4-6-17-5-3-7-18(13-17)25(28)29)19-14-21(26(30)35)24(22(15-19)27(31)36)40-20-8-10-32-11-9-20/h3-7,13-15,20,32H,2,8-12,16H2,1H3,(H3,28,29)(H2,30,35)(H2,31,36). The van der Waals surface area contributed by atoms with E-state index in [1.807, 2.05) is 0 Å². The zero-order valence-corrected chi connectivity index (χ0v) is 23.4. The largest absolute Gasteiger partial charge is 0.489 e. The summed E-state index contributed by atoms with van der Waals surface area (Å²) in [6, 6.07) is 9.09. The van der Waals surface area contributed by atoms with Crippen molar-refractivity contribution in [3.63, 3.8) is 0 Å². The third-order valence-electron chi connectivity index (χ3n) is 6.18. The molecule has 1 fully saturated rings. The van der Waals surface area contributed by atoms with Crippen LogP contribution in [0.3, 0.4) is 0 Å². The molecule has 0 saturated carbocycles. The van der Waals surface area contributed by atoms with Crippen molar-refractivity contribution in [2.24, 2.45) is 17.2 Å². The first-order valence-corrected chi connectivity index (χ1v) is 14.5. The molecule has 0 radical (unpaired) electrons. The number of anilines is 1. The Morgan fingerprint density at radius 3 is 2.27 bits per heavy atom. The first kappa shape index (κ1) is 31.1. The van der Waals surface area contributed by atoms with Crippen molar-refractivity contribution in [1.82, 2.24) is 5.32 Å². The Hall–Kier alpha value is -4.43. The van der Waals surface area contributed by atoms with Crippen LogP contribution in [0.25, 0.3) is 6.08 Å². The van der Waals surface area contributed by atoms with Crippen molar-refractivity contribution in [2.75, 3.05) is 36.3 Å². The monoisotopic (exact) mass is 586 g/mol. The number of hydrogen-bond donors (Lipinski definition) is 5. The third-order valence-corrected chi connectivity index (χ3v) is 7.82. The van der Waals surface area contributed by atoms with Crippen molar-refractivity contribution in [3.05, 3.63) is 64.7 Å². The Bertz CT molecular complexity index is 1420. The normalized spacial score (nSPS) is 14.0. The van der Waals surface area contributed by atoms with Crippen LogP contribution < -0.4 is 31.6 Å². The molecule has 1 saturated heterocycles. The molecule has 1 aliphatic rings. The molecular weight excluding hydrogens is 552 g/mol. The van der Waals surface area contributed by atoms with Crippen LogP contribution in [0.4, 0.5) is 5.69 Å². The summed E-state index contributed by atoms with van der Waals surface area (Å²) >= 11 is 0. The Balaban J connectivity index is 2.09. The lowest BCUT2D eigenvalue weighted by molar-refractivity contribution is -0.139. The van der Waals surface area contributed by atoms with Crippen LogP contribution in [0.2, 0.25) is 0 Å². The average Bonchev–Trinajstić information content (AvgIpc) is 2.91. The summed E-state index contributed by atoms with van der Waals surface area (Å²) in [5.74, 6) is -4.16. The summed E-state index contributed by atoms with van der Waals surface area (Å²) in [6.07, 6.45) is 3.98. The molecule has 2 amide bonds. The number of nitrogens with zero attached hydrogens (tertiary/aromatic N) is 1. The fourth-order valence-electron chi connectivity index (χ4n) is 4.23. The van der Waals surface area contributed by atoms with Crippen LogP contribution in [-0.2, 0) is 19.6 Å². The number of primary amides is 2. The van der Waals surface area contributed by atoms with E-state index < -0.39 is 33.6 Å². The number of amides is 2. The third kappa shape index (κ3) is 8.28. The summed E-state index contributed by atoms with van der Waals surface area (Å²) in [5, 5.41) is 10.8. The van der Waals surface area contributed by atoms with Crippen molar-refractivity contribution in [3.8, 4) is 5.75 Å². The number of rotatable bonds is 13. The molecule has 0 bridgehead atoms. The van der Waals surface area contributed by atoms with Crippen LogP contribution in [0.15, 0.2) is 42.5 Å². The van der Waals surface area contributed by atoms with Crippen LogP contribution in [0.1, 0.15) is 51.6 Å². The maximum atomic E-state index is 13.4. The molecule has 0 aromatic heterocycles. The van der Waals surface area contributed by atoms with E-state index in [0.717, 1.165) is 4.31 Å². The number of amidine groups is 1. The van der Waals surface area contributed by atoms with Gasteiger partial charge in [-0.15, -0.1) is 0 Å². The van der Waals surface area contributed by atoms with Gasteiger partial charge in [0.05, 0.1) is 30.0 Å². The lowest BCUT2D eigenvalue weighted by atomic mass is 10.0. The molecule has 220 valence electrons. The molecule has 0 spiro atoms. The van der Waals surface area contributed by atoms with Gasteiger partial charge in [0.1, 0.15) is 17.7 Å². The van der Waals surface area contributed by atoms with Crippen LogP contribution in [0.5, 0.6) is 5.75 Å². The van der Waals surface area contributed by atoms with Gasteiger partial charge >= 0.3 is 5.97 Å². The molecule has 2 aromatic rings. The second kappa shape index (κ2) is 13.8. The van der Waals surface area contributed by atoms with Gasteiger partial charge in [-0.3, -0.25) is 24.1 Å². The number of ether oxygens (including phenoxy) is 2. The Morgan fingerprint density at radius 1 is 1.07 bits per heavy atom. The molecule has 13 nitrogen and oxygen atoms in total. The van der Waals surface area contributed by atoms with Gasteiger partial charge in [-0.1, -0.05) is 30.4 Å². The fourth-order valence-corrected chi connectivity index (χ4v) is 5.51. The molecule has 1 heterocycles. The van der Waals surface area contributed by atoms with Crippen molar-refractivity contribution < 1.29 is 32.3 Å². The van der Waals surface area contributed by atoms with Gasteiger partial charge < -0.3 is 32.0 Å². The molecular formula is C27H34N6O7S. The maximum absolute atomic E-state index is 13.4. The van der Waals surface area contributed by atoms with E-state index >= 15 is 0 Å². The first-order chi connectivity index (χ1) is 19.4. The zero-order chi connectivity index (χ0) is 30.2. The van der Waals surface area contributed by atoms with Gasteiger partial charge in [-0.05, 0) is 56.6 Å². The minimum atomic E-state index is -4.40. The number of piperidine rings is 1. The highest BCUT2D eigenvalue weighted by molar-refractivity contribution is 7.93. The SMILES string of the molecule is CCOC(=O)CS(=O)(=O)N(CC=Cc1cccc(C(=N)N)c1)c1cc(C(N)=O)c(OC2CCNCC2)c(C(N)=O)c1. The molecule has 41 heavy (non-hydrogen) atoms. The van der Waals surface area contributed by atoms with E-state index in [1.165, 1.54) is 18.2 Å². The Labute approximate surface area is 238 Å². The number of benzene rings is 2. The lowest BCUT2D eigenvalue weighted by Crippen LogP contribution is -2.37. The van der Waals surface area contributed by atoms with Gasteiger partial charge in [0.25, 0.3) is 11.8 Å². The second-order valence-corrected chi connectivity index (χ2v) is 11.1. The minimum absolute atomic E-state index is 0.0267. The highest BCUT2D eigenvalue weighted by atomic mass is 32.2. The molecule has 0 aliphatic carbocycles. The number of carbonyl (C=O) groups is 3. The first-order valence-electron chi connectivity index (χ1n) is 12.8. The summed E-state index contributed by atoms with van der Waals surface area (Å²) in [7, 11) is -4.40. The van der Waals surface area contributed by atoms with E-state index in [1.54, 1.807) is 37.3 Å². The van der Waals surface area contributed by atoms with Gasteiger partial charge in [0.2, 0.25) is 10.0 Å². The van der Waals surface area contributed by atoms with E-state index in [0.29, 0.717) is 37.1 Å². The summed E-state index contributed by atoms with van der Waals surface area (Å²) in [6.45, 7) is 2.54. The summed E-state index contributed by atoms with van der Waals surface area (Å²) in [5.41, 5.74) is 17.3. The van der Waals surface area contributed by atoms with E-state index in [9.17, 15) is 22.8 Å². The molecule has 3 rings (SSSR count). The molecule has 1 aliphatic heterocycles. The summed E-state index contributed by atoms with van der Waals surface area (Å²) < 4.78 is 38.6. The van der Waals surface area contributed by atoms with Gasteiger partial charge in [0, 0.05) is 5.56 Å². The number of esters is 1. The number of sulfonamides is 1. The maximum Gasteiger partial charge on any atom is 0.323 e. The number of nitrogen functional groups attached to an aromatic ring is 1. The molecule has 0 atom stereocenters. The van der Waals surface area contributed by atoms with Crippen molar-refractivity contribution >= 4 is 45.4 Å². The van der Waals surface area contributed by atoms with Gasteiger partial charge in [-0.25, -0.2) is 8.42 Å². The Morgan fingerprint density at radius 2 is 1.71 bits per heavy atom. The van der Waals surface area contributed by atoms with Crippen molar-refractivity contribution in [2.45, 2.75) is 25.9 Å². The second-order valence-electron chi connectivity index (χ2n) is 9.20. The predicted octanol–water partition coefficient (Wildman–Crippen LogP) is 0.712. The Kier molecular flexibility index (Phi) is 10.4. The number of hydrogen-bond acceptors (Lipinski definition) is 9. The fraction of sp³-hybridized carbons (Fsp3) is 0.333. The van der Waals surface area contributed by atoms with E-state index in [4.69, 9.17) is 32.1 Å². The van der Waals surface area contributed by atoms with E-state index in [2.05, 4.69) is 5.32 Å². The quantitative estimate of drug-likeness (QED) is 0.126. The summed E-state index contributed by atoms with van der Waals surface area (Å²) in [4.78, 5) is 37.2. The van der Waals surface area contributed by atoms with Gasteiger partial charge in [-0.2, -0.15) is 0 Å². The zero-order valence-electron chi connectivity index (χ0n) is 22.6. The topological polar surface area (TPSA) is 221 Å². The van der Waals surface area contributed by atoms with Crippen LogP contribution in [0, 0.1) is 5.41 Å².